The van der Waals surface area contributed by atoms with E-state index in [1.165, 1.54) is 33.7 Å². The maximum Gasteiger partial charge on any atom is 0.270 e. The molecule has 222 valence electrons. The van der Waals surface area contributed by atoms with E-state index in [1.54, 1.807) is 0 Å². The van der Waals surface area contributed by atoms with Crippen LogP contribution in [-0.4, -0.2) is 86.0 Å². The maximum atomic E-state index is 13.7. The van der Waals surface area contributed by atoms with Crippen LogP contribution < -0.4 is 15.1 Å². The van der Waals surface area contributed by atoms with Crippen LogP contribution in [-0.2, 0) is 17.8 Å². The monoisotopic (exact) mass is 568 g/mol. The molecule has 1 aromatic heterocycles. The van der Waals surface area contributed by atoms with Gasteiger partial charge in [0.05, 0.1) is 12.2 Å². The number of fused-ring (bicyclic) bond motifs is 2. The number of hydrogen-bond acceptors (Lipinski definition) is 6. The van der Waals surface area contributed by atoms with Crippen molar-refractivity contribution < 1.29 is 9.59 Å². The Bertz CT molecular complexity index is 1470. The molecule has 3 heterocycles. The molecule has 1 fully saturated rings. The standard InChI is InChI=1S/C34H44N6O2/c1-7-32(41)39-18-16-38(17-19-39)31-20-27(34(42)36-28(23(2)3)21-37(5)6)35-29-22-40(15-14-26(29)31)30-13-9-12-25-11-8-10-24(4)33(25)30/h7-13,20,23,28H,1,14-19,21-22H2,2-6H3,(H,36,42)/t28-/m0/s1. The number of amides is 2. The minimum Gasteiger partial charge on any atom is -0.368 e. The number of aryl methyl sites for hydroxylation is 1. The van der Waals surface area contributed by atoms with Crippen molar-refractivity contribution in [2.75, 3.05) is 63.2 Å². The second-order valence-electron chi connectivity index (χ2n) is 12.2. The Morgan fingerprint density at radius 3 is 2.40 bits per heavy atom. The summed E-state index contributed by atoms with van der Waals surface area (Å²) in [5.41, 5.74) is 6.14. The second kappa shape index (κ2) is 12.5. The Hall–Kier alpha value is -3.91. The number of hydrogen-bond donors (Lipinski definition) is 1. The molecule has 1 N–H and O–H groups in total. The summed E-state index contributed by atoms with van der Waals surface area (Å²) < 4.78 is 0. The second-order valence-corrected chi connectivity index (χ2v) is 12.2. The lowest BCUT2D eigenvalue weighted by Gasteiger charge is -2.39. The zero-order valence-corrected chi connectivity index (χ0v) is 25.7. The molecule has 0 radical (unpaired) electrons. The first-order chi connectivity index (χ1) is 20.2. The SMILES string of the molecule is C=CC(=O)N1CCN(c2cc(C(=O)N[C@@H](CN(C)C)C(C)C)nc3c2CCN(c2cccc4cccc(C)c24)C3)CC1. The van der Waals surface area contributed by atoms with E-state index >= 15 is 0 Å². The zero-order chi connectivity index (χ0) is 30.0. The molecule has 0 unspecified atom stereocenters. The van der Waals surface area contributed by atoms with Crippen LogP contribution in [0.5, 0.6) is 0 Å². The van der Waals surface area contributed by atoms with E-state index in [2.05, 4.69) is 83.8 Å². The first-order valence-corrected chi connectivity index (χ1v) is 15.0. The number of likely N-dealkylation sites (N-methyl/N-ethyl adjacent to an activating group) is 1. The fourth-order valence-electron chi connectivity index (χ4n) is 6.25. The Kier molecular flexibility index (Phi) is 8.82. The van der Waals surface area contributed by atoms with E-state index < -0.39 is 0 Å². The van der Waals surface area contributed by atoms with Crippen LogP contribution in [0, 0.1) is 12.8 Å². The van der Waals surface area contributed by atoms with Gasteiger partial charge in [-0.05, 0) is 62.5 Å². The van der Waals surface area contributed by atoms with E-state index in [4.69, 9.17) is 4.98 Å². The minimum atomic E-state index is -0.141. The summed E-state index contributed by atoms with van der Waals surface area (Å²) in [6.07, 6.45) is 2.22. The summed E-state index contributed by atoms with van der Waals surface area (Å²) in [6.45, 7) is 15.0. The summed E-state index contributed by atoms with van der Waals surface area (Å²) in [4.78, 5) is 39.6. The van der Waals surface area contributed by atoms with Crippen molar-refractivity contribution in [3.05, 3.63) is 77.6 Å². The largest absolute Gasteiger partial charge is 0.368 e. The van der Waals surface area contributed by atoms with Gasteiger partial charge in [0.1, 0.15) is 5.69 Å². The Morgan fingerprint density at radius 1 is 1.02 bits per heavy atom. The number of pyridine rings is 1. The fraction of sp³-hybridized carbons (Fsp3) is 0.441. The fourth-order valence-corrected chi connectivity index (χ4v) is 6.25. The molecular weight excluding hydrogens is 524 g/mol. The van der Waals surface area contributed by atoms with Gasteiger partial charge in [0, 0.05) is 67.6 Å². The van der Waals surface area contributed by atoms with Crippen molar-refractivity contribution in [1.82, 2.24) is 20.1 Å². The third-order valence-corrected chi connectivity index (χ3v) is 8.61. The van der Waals surface area contributed by atoms with E-state index in [1.807, 2.05) is 25.1 Å². The summed E-state index contributed by atoms with van der Waals surface area (Å²) in [5.74, 6) is 0.111. The van der Waals surface area contributed by atoms with Gasteiger partial charge in [-0.25, -0.2) is 4.98 Å². The molecule has 0 bridgehead atoms. The normalized spacial score (nSPS) is 16.1. The van der Waals surface area contributed by atoms with Gasteiger partial charge < -0.3 is 24.9 Å². The van der Waals surface area contributed by atoms with E-state index in [0.29, 0.717) is 38.4 Å². The number of benzene rings is 2. The van der Waals surface area contributed by atoms with Gasteiger partial charge in [-0.1, -0.05) is 50.8 Å². The molecule has 3 aromatic rings. The van der Waals surface area contributed by atoms with Crippen molar-refractivity contribution in [3.8, 4) is 0 Å². The lowest BCUT2D eigenvalue weighted by Crippen LogP contribution is -2.49. The zero-order valence-electron chi connectivity index (χ0n) is 25.7. The molecule has 2 aliphatic heterocycles. The van der Waals surface area contributed by atoms with E-state index in [-0.39, 0.29) is 23.8 Å². The number of nitrogens with zero attached hydrogens (tertiary/aromatic N) is 5. The van der Waals surface area contributed by atoms with Crippen LogP contribution in [0.4, 0.5) is 11.4 Å². The van der Waals surface area contributed by atoms with Crippen molar-refractivity contribution >= 4 is 34.0 Å². The molecule has 8 nitrogen and oxygen atoms in total. The molecule has 1 atom stereocenters. The topological polar surface area (TPSA) is 72.0 Å². The first-order valence-electron chi connectivity index (χ1n) is 15.0. The van der Waals surface area contributed by atoms with Gasteiger partial charge in [0.25, 0.3) is 5.91 Å². The third kappa shape index (κ3) is 6.14. The molecule has 0 spiro atoms. The molecule has 2 aromatic carbocycles. The van der Waals surface area contributed by atoms with Crippen molar-refractivity contribution in [2.24, 2.45) is 5.92 Å². The lowest BCUT2D eigenvalue weighted by atomic mass is 9.97. The number of anilines is 2. The summed E-state index contributed by atoms with van der Waals surface area (Å²) in [5, 5.41) is 5.76. The molecule has 5 rings (SSSR count). The first kappa shape index (κ1) is 29.6. The summed E-state index contributed by atoms with van der Waals surface area (Å²) >= 11 is 0. The van der Waals surface area contributed by atoms with Gasteiger partial charge in [-0.3, -0.25) is 9.59 Å². The lowest BCUT2D eigenvalue weighted by molar-refractivity contribution is -0.126. The number of rotatable bonds is 8. The average molecular weight is 569 g/mol. The Labute approximate surface area is 250 Å². The smallest absolute Gasteiger partial charge is 0.270 e. The third-order valence-electron chi connectivity index (χ3n) is 8.61. The Morgan fingerprint density at radius 2 is 1.74 bits per heavy atom. The molecule has 2 aliphatic rings. The molecule has 2 amide bonds. The van der Waals surface area contributed by atoms with Crippen LogP contribution in [0.15, 0.2) is 55.1 Å². The highest BCUT2D eigenvalue weighted by Gasteiger charge is 2.29. The summed E-state index contributed by atoms with van der Waals surface area (Å²) in [6, 6.07) is 14.9. The number of carbonyl (C=O) groups is 2. The molecule has 8 heteroatoms. The molecule has 1 saturated heterocycles. The van der Waals surface area contributed by atoms with Crippen LogP contribution in [0.25, 0.3) is 10.8 Å². The van der Waals surface area contributed by atoms with Crippen LogP contribution in [0.3, 0.4) is 0 Å². The van der Waals surface area contributed by atoms with Crippen LogP contribution >= 0.6 is 0 Å². The van der Waals surface area contributed by atoms with Crippen molar-refractivity contribution in [2.45, 2.75) is 39.8 Å². The predicted molar refractivity (Wildman–Crippen MR) is 171 cm³/mol. The van der Waals surface area contributed by atoms with Gasteiger partial charge in [0.15, 0.2) is 0 Å². The van der Waals surface area contributed by atoms with Gasteiger partial charge in [0.2, 0.25) is 5.91 Å². The molecule has 0 aliphatic carbocycles. The number of aromatic nitrogens is 1. The van der Waals surface area contributed by atoms with Crippen LogP contribution in [0.1, 0.15) is 41.2 Å². The molecule has 0 saturated carbocycles. The van der Waals surface area contributed by atoms with Crippen molar-refractivity contribution in [1.29, 1.82) is 0 Å². The van der Waals surface area contributed by atoms with E-state index in [9.17, 15) is 9.59 Å². The Balaban J connectivity index is 1.50. The van der Waals surface area contributed by atoms with Crippen LogP contribution in [0.2, 0.25) is 0 Å². The highest BCUT2D eigenvalue weighted by Crippen LogP contribution is 2.35. The summed E-state index contributed by atoms with van der Waals surface area (Å²) in [7, 11) is 4.05. The quantitative estimate of drug-likeness (QED) is 0.410. The maximum absolute atomic E-state index is 13.7. The molecular formula is C34H44N6O2. The van der Waals surface area contributed by atoms with E-state index in [0.717, 1.165) is 30.9 Å². The number of nitrogens with one attached hydrogen (secondary N) is 1. The number of carbonyl (C=O) groups excluding carboxylic acids is 2. The van der Waals surface area contributed by atoms with Gasteiger partial charge in [-0.2, -0.15) is 0 Å². The predicted octanol–water partition coefficient (Wildman–Crippen LogP) is 4.26. The van der Waals surface area contributed by atoms with Gasteiger partial charge in [-0.15, -0.1) is 0 Å². The number of piperazine rings is 1. The highest BCUT2D eigenvalue weighted by molar-refractivity contribution is 5.97. The molecule has 42 heavy (non-hydrogen) atoms. The van der Waals surface area contributed by atoms with Crippen molar-refractivity contribution in [3.63, 3.8) is 0 Å². The minimum absolute atomic E-state index is 0.0115. The van der Waals surface area contributed by atoms with Gasteiger partial charge >= 0.3 is 0 Å². The average Bonchev–Trinajstić information content (AvgIpc) is 2.99. The highest BCUT2D eigenvalue weighted by atomic mass is 16.2.